The molecule has 38 heavy (non-hydrogen) atoms. The Kier molecular flexibility index (Phi) is 10.7. The Hall–Kier alpha value is -2.90. The molecule has 0 spiro atoms. The van der Waals surface area contributed by atoms with Gasteiger partial charge in [0.2, 0.25) is 15.9 Å². The number of likely N-dealkylation sites (tertiary alicyclic amines) is 1. The SMILES string of the molecule is N=C(N)C1CC=C(CNC(=O)CCC(=O)[C@@H](CC2CCN(C(=N)N)CC2)NS(=O)(=O)Cc2ccccc2)S1. The summed E-state index contributed by atoms with van der Waals surface area (Å²) in [5.41, 5.74) is 11.7. The molecule has 0 aromatic heterocycles. The van der Waals surface area contributed by atoms with Crippen LogP contribution in [-0.4, -0.2) is 67.7 Å². The maximum Gasteiger partial charge on any atom is 0.220 e. The second kappa shape index (κ2) is 13.8. The van der Waals surface area contributed by atoms with Gasteiger partial charge in [0.1, 0.15) is 5.84 Å². The zero-order chi connectivity index (χ0) is 27.7. The van der Waals surface area contributed by atoms with Crippen LogP contribution in [0.15, 0.2) is 41.3 Å². The van der Waals surface area contributed by atoms with Crippen molar-refractivity contribution in [3.05, 3.63) is 46.9 Å². The van der Waals surface area contributed by atoms with Gasteiger partial charge < -0.3 is 21.7 Å². The van der Waals surface area contributed by atoms with Crippen molar-refractivity contribution in [2.24, 2.45) is 17.4 Å². The number of nitrogens with two attached hydrogens (primary N) is 2. The van der Waals surface area contributed by atoms with E-state index in [4.69, 9.17) is 22.3 Å². The van der Waals surface area contributed by atoms with E-state index >= 15 is 0 Å². The van der Waals surface area contributed by atoms with Gasteiger partial charge in [-0.25, -0.2) is 13.1 Å². The number of amidine groups is 1. The molecular formula is C25H37N7O4S2. The molecule has 2 aliphatic heterocycles. The molecule has 13 heteroatoms. The van der Waals surface area contributed by atoms with Crippen molar-refractivity contribution in [3.63, 3.8) is 0 Å². The zero-order valence-electron chi connectivity index (χ0n) is 21.3. The first-order valence-corrected chi connectivity index (χ1v) is 15.2. The van der Waals surface area contributed by atoms with Crippen LogP contribution in [0.25, 0.3) is 0 Å². The first kappa shape index (κ1) is 29.7. The fourth-order valence-corrected chi connectivity index (χ4v) is 6.96. The van der Waals surface area contributed by atoms with Gasteiger partial charge in [0, 0.05) is 37.4 Å². The van der Waals surface area contributed by atoms with E-state index < -0.39 is 16.1 Å². The molecule has 0 bridgehead atoms. The highest BCUT2D eigenvalue weighted by Gasteiger charge is 2.30. The molecule has 3 rings (SSSR count). The summed E-state index contributed by atoms with van der Waals surface area (Å²) in [6, 6.07) is 7.82. The Bertz CT molecular complexity index is 1150. The third kappa shape index (κ3) is 9.44. The Labute approximate surface area is 228 Å². The van der Waals surface area contributed by atoms with E-state index in [1.165, 1.54) is 11.8 Å². The molecule has 1 fully saturated rings. The highest BCUT2D eigenvalue weighted by atomic mass is 32.2. The predicted molar refractivity (Wildman–Crippen MR) is 150 cm³/mol. The maximum atomic E-state index is 13.2. The van der Waals surface area contributed by atoms with Crippen LogP contribution in [-0.2, 0) is 25.4 Å². The number of ketones is 1. The van der Waals surface area contributed by atoms with Crippen molar-refractivity contribution < 1.29 is 18.0 Å². The van der Waals surface area contributed by atoms with Gasteiger partial charge in [-0.3, -0.25) is 20.4 Å². The number of nitrogens with zero attached hydrogens (tertiary/aromatic N) is 1. The standard InChI is InChI=1S/C25H37N7O4S2/c26-24(27)22-8-6-19(37-22)15-30-23(34)9-7-21(33)20(14-17-10-12-32(13-11-17)25(28)29)31-38(35,36)16-18-4-2-1-3-5-18/h1-6,17,20,22,31H,7-16H2,(H3,26,27)(H3,28,29)(H,30,34)/t20-,22?/m1/s1. The molecule has 11 nitrogen and oxygen atoms in total. The van der Waals surface area contributed by atoms with Crippen molar-refractivity contribution in [2.45, 2.75) is 55.6 Å². The number of piperidine rings is 1. The molecule has 208 valence electrons. The van der Waals surface area contributed by atoms with E-state index in [0.717, 1.165) is 4.91 Å². The summed E-state index contributed by atoms with van der Waals surface area (Å²) in [6.45, 7) is 1.47. The van der Waals surface area contributed by atoms with Crippen LogP contribution in [0.3, 0.4) is 0 Å². The van der Waals surface area contributed by atoms with Crippen molar-refractivity contribution >= 4 is 45.3 Å². The molecule has 0 aliphatic carbocycles. The second-order valence-electron chi connectivity index (χ2n) is 9.68. The highest BCUT2D eigenvalue weighted by molar-refractivity contribution is 8.04. The number of carbonyl (C=O) groups is 2. The number of thioether (sulfide) groups is 1. The predicted octanol–water partition coefficient (Wildman–Crippen LogP) is 1.26. The van der Waals surface area contributed by atoms with Gasteiger partial charge in [0.15, 0.2) is 11.7 Å². The molecule has 0 saturated carbocycles. The number of rotatable bonds is 13. The van der Waals surface area contributed by atoms with Crippen LogP contribution < -0.4 is 21.5 Å². The summed E-state index contributed by atoms with van der Waals surface area (Å²) in [6.07, 6.45) is 4.18. The van der Waals surface area contributed by atoms with Crippen LogP contribution in [0.4, 0.5) is 0 Å². The largest absolute Gasteiger partial charge is 0.387 e. The molecule has 8 N–H and O–H groups in total. The average molecular weight is 564 g/mol. The van der Waals surface area contributed by atoms with Gasteiger partial charge in [0.25, 0.3) is 0 Å². The monoisotopic (exact) mass is 563 g/mol. The second-order valence-corrected chi connectivity index (χ2v) is 12.8. The lowest BCUT2D eigenvalue weighted by Crippen LogP contribution is -2.46. The topological polar surface area (TPSA) is 195 Å². The van der Waals surface area contributed by atoms with Crippen LogP contribution in [0.5, 0.6) is 0 Å². The Morgan fingerprint density at radius 3 is 2.39 bits per heavy atom. The first-order valence-electron chi connectivity index (χ1n) is 12.6. The zero-order valence-corrected chi connectivity index (χ0v) is 23.0. The Morgan fingerprint density at radius 2 is 1.79 bits per heavy atom. The van der Waals surface area contributed by atoms with E-state index in [2.05, 4.69) is 10.0 Å². The summed E-state index contributed by atoms with van der Waals surface area (Å²) < 4.78 is 28.5. The molecule has 1 unspecified atom stereocenters. The minimum absolute atomic E-state index is 0.00855. The summed E-state index contributed by atoms with van der Waals surface area (Å²) in [4.78, 5) is 28.3. The van der Waals surface area contributed by atoms with Gasteiger partial charge in [0.05, 0.1) is 17.0 Å². The van der Waals surface area contributed by atoms with Crippen LogP contribution in [0, 0.1) is 16.7 Å². The van der Waals surface area contributed by atoms with Gasteiger partial charge in [-0.2, -0.15) is 0 Å². The lowest BCUT2D eigenvalue weighted by Gasteiger charge is -2.33. The van der Waals surface area contributed by atoms with E-state index in [9.17, 15) is 18.0 Å². The summed E-state index contributed by atoms with van der Waals surface area (Å²) in [5.74, 6) is -0.660. The fourth-order valence-electron chi connectivity index (χ4n) is 4.55. The number of sulfonamides is 1. The number of hydrogen-bond acceptors (Lipinski definition) is 7. The first-order chi connectivity index (χ1) is 18.0. The third-order valence-electron chi connectivity index (χ3n) is 6.69. The molecule has 0 radical (unpaired) electrons. The number of benzene rings is 1. The van der Waals surface area contributed by atoms with Crippen molar-refractivity contribution in [2.75, 3.05) is 19.6 Å². The minimum atomic E-state index is -3.80. The van der Waals surface area contributed by atoms with Crippen molar-refractivity contribution in [1.82, 2.24) is 14.9 Å². The number of guanidine groups is 1. The number of hydrogen-bond donors (Lipinski definition) is 6. The quantitative estimate of drug-likeness (QED) is 0.152. The molecule has 1 aromatic carbocycles. The third-order valence-corrected chi connectivity index (χ3v) is 9.39. The molecule has 2 aliphatic rings. The van der Waals surface area contributed by atoms with Gasteiger partial charge >= 0.3 is 0 Å². The van der Waals surface area contributed by atoms with Gasteiger partial charge in [-0.05, 0) is 37.2 Å². The molecule has 1 saturated heterocycles. The number of nitrogens with one attached hydrogen (secondary N) is 4. The van der Waals surface area contributed by atoms with Gasteiger partial charge in [-0.15, -0.1) is 11.8 Å². The maximum absolute atomic E-state index is 13.2. The summed E-state index contributed by atoms with van der Waals surface area (Å²) in [7, 11) is -3.80. The minimum Gasteiger partial charge on any atom is -0.387 e. The van der Waals surface area contributed by atoms with Crippen LogP contribution in [0.1, 0.15) is 44.1 Å². The van der Waals surface area contributed by atoms with Crippen LogP contribution >= 0.6 is 11.8 Å². The van der Waals surface area contributed by atoms with E-state index in [1.54, 1.807) is 35.2 Å². The molecule has 2 atom stereocenters. The smallest absolute Gasteiger partial charge is 0.220 e. The average Bonchev–Trinajstić information content (AvgIpc) is 3.36. The number of carbonyl (C=O) groups excluding carboxylic acids is 2. The Morgan fingerprint density at radius 1 is 1.11 bits per heavy atom. The normalized spacial score (nSPS) is 19.0. The number of amides is 1. The van der Waals surface area contributed by atoms with Crippen LogP contribution in [0.2, 0.25) is 0 Å². The number of Topliss-reactive ketones (excluding diaryl/α,β-unsaturated/α-hetero) is 1. The molecular weight excluding hydrogens is 526 g/mol. The van der Waals surface area contributed by atoms with E-state index in [-0.39, 0.29) is 53.2 Å². The molecule has 1 amide bonds. The lowest BCUT2D eigenvalue weighted by atomic mass is 9.88. The Balaban J connectivity index is 1.56. The van der Waals surface area contributed by atoms with E-state index in [0.29, 0.717) is 50.9 Å². The molecule has 1 aromatic rings. The number of allylic oxidation sites excluding steroid dienone is 1. The van der Waals surface area contributed by atoms with Crippen molar-refractivity contribution in [1.29, 1.82) is 10.8 Å². The summed E-state index contributed by atoms with van der Waals surface area (Å²) >= 11 is 1.45. The van der Waals surface area contributed by atoms with E-state index in [1.807, 2.05) is 6.08 Å². The molecule has 2 heterocycles. The highest BCUT2D eigenvalue weighted by Crippen LogP contribution is 2.31. The van der Waals surface area contributed by atoms with Crippen molar-refractivity contribution in [3.8, 4) is 0 Å². The van der Waals surface area contributed by atoms with Gasteiger partial charge in [-0.1, -0.05) is 36.4 Å². The lowest BCUT2D eigenvalue weighted by molar-refractivity contribution is -0.126. The summed E-state index contributed by atoms with van der Waals surface area (Å²) in [5, 5.41) is 17.8. The fraction of sp³-hybridized carbons (Fsp3) is 0.520.